The van der Waals surface area contributed by atoms with Gasteiger partial charge in [-0.25, -0.2) is 14.5 Å². The van der Waals surface area contributed by atoms with Crippen LogP contribution in [0.5, 0.6) is 0 Å². The Bertz CT molecular complexity index is 1400. The number of pyridine rings is 1. The van der Waals surface area contributed by atoms with Crippen LogP contribution in [0, 0.1) is 13.8 Å². The Morgan fingerprint density at radius 1 is 1.03 bits per heavy atom. The molecule has 0 radical (unpaired) electrons. The highest BCUT2D eigenvalue weighted by Crippen LogP contribution is 2.19. The normalized spacial score (nSPS) is 10.8. The second kappa shape index (κ2) is 8.50. The highest BCUT2D eigenvalue weighted by molar-refractivity contribution is 6.01. The zero-order chi connectivity index (χ0) is 22.8. The molecule has 2 heterocycles. The number of methoxy groups -OCH3 is 1. The van der Waals surface area contributed by atoms with Crippen LogP contribution < -0.4 is 10.9 Å². The molecule has 0 aliphatic rings. The zero-order valence-corrected chi connectivity index (χ0v) is 18.0. The largest absolute Gasteiger partial charge is 0.465 e. The number of anilines is 1. The fourth-order valence-corrected chi connectivity index (χ4v) is 3.55. The number of carbonyl (C=O) groups excluding carboxylic acids is 2. The van der Waals surface area contributed by atoms with Gasteiger partial charge in [0.25, 0.3) is 5.56 Å². The summed E-state index contributed by atoms with van der Waals surface area (Å²) < 4.78 is 7.78. The van der Waals surface area contributed by atoms with Crippen molar-refractivity contribution in [3.8, 4) is 5.69 Å². The molecule has 0 saturated carbocycles. The average molecular weight is 430 g/mol. The van der Waals surface area contributed by atoms with Gasteiger partial charge in [0, 0.05) is 6.20 Å². The van der Waals surface area contributed by atoms with Crippen LogP contribution in [0.25, 0.3) is 16.7 Å². The summed E-state index contributed by atoms with van der Waals surface area (Å²) in [7, 11) is 1.28. The number of nitrogens with zero attached hydrogens (tertiary/aromatic N) is 3. The van der Waals surface area contributed by atoms with E-state index < -0.39 is 11.9 Å². The number of aryl methyl sites for hydroxylation is 2. The van der Waals surface area contributed by atoms with E-state index in [0.29, 0.717) is 22.4 Å². The summed E-state index contributed by atoms with van der Waals surface area (Å²) in [5.74, 6) is -0.970. The molecule has 0 fully saturated rings. The minimum atomic E-state index is -0.555. The average Bonchev–Trinajstić information content (AvgIpc) is 3.07. The first-order valence-electron chi connectivity index (χ1n) is 10.0. The number of esters is 1. The number of hydrogen-bond donors (Lipinski definition) is 1. The fourth-order valence-electron chi connectivity index (χ4n) is 3.55. The minimum Gasteiger partial charge on any atom is -0.465 e. The van der Waals surface area contributed by atoms with Gasteiger partial charge in [0.2, 0.25) is 5.91 Å². The highest BCUT2D eigenvalue weighted by atomic mass is 16.5. The van der Waals surface area contributed by atoms with Gasteiger partial charge in [0.15, 0.2) is 5.65 Å². The Labute approximate surface area is 184 Å². The Kier molecular flexibility index (Phi) is 5.59. The summed E-state index contributed by atoms with van der Waals surface area (Å²) in [4.78, 5) is 42.5. The zero-order valence-electron chi connectivity index (χ0n) is 18.0. The maximum Gasteiger partial charge on any atom is 0.339 e. The van der Waals surface area contributed by atoms with Crippen molar-refractivity contribution in [1.29, 1.82) is 0 Å². The third-order valence-corrected chi connectivity index (χ3v) is 5.33. The third-order valence-electron chi connectivity index (χ3n) is 5.33. The number of hydrogen-bond acceptors (Lipinski definition) is 5. The lowest BCUT2D eigenvalue weighted by Gasteiger charge is -2.14. The summed E-state index contributed by atoms with van der Waals surface area (Å²) in [5, 5.41) is 3.15. The summed E-state index contributed by atoms with van der Waals surface area (Å²) in [6.45, 7) is 3.77. The number of benzene rings is 2. The molecule has 8 heteroatoms. The van der Waals surface area contributed by atoms with Crippen molar-refractivity contribution >= 4 is 28.6 Å². The molecular formula is C24H22N4O4. The number of carbonyl (C=O) groups is 2. The monoisotopic (exact) mass is 430 g/mol. The Morgan fingerprint density at radius 2 is 1.81 bits per heavy atom. The van der Waals surface area contributed by atoms with Crippen molar-refractivity contribution in [3.05, 3.63) is 87.8 Å². The van der Waals surface area contributed by atoms with Gasteiger partial charge in [-0.15, -0.1) is 0 Å². The van der Waals surface area contributed by atoms with Crippen LogP contribution >= 0.6 is 0 Å². The molecule has 2 aromatic heterocycles. The van der Waals surface area contributed by atoms with Gasteiger partial charge in [0.1, 0.15) is 6.54 Å². The number of ether oxygens (including phenoxy) is 1. The molecule has 0 unspecified atom stereocenters. The van der Waals surface area contributed by atoms with Crippen LogP contribution in [0.4, 0.5) is 5.69 Å². The number of rotatable bonds is 5. The molecule has 0 aliphatic heterocycles. The van der Waals surface area contributed by atoms with Crippen LogP contribution in [-0.4, -0.2) is 33.3 Å². The summed E-state index contributed by atoms with van der Waals surface area (Å²) in [6, 6.07) is 15.6. The molecule has 0 bridgehead atoms. The molecule has 0 spiro atoms. The first-order valence-corrected chi connectivity index (χ1v) is 10.0. The second-order valence-corrected chi connectivity index (χ2v) is 7.40. The molecule has 4 rings (SSSR count). The lowest BCUT2D eigenvalue weighted by Crippen LogP contribution is -2.27. The van der Waals surface area contributed by atoms with Crippen molar-refractivity contribution in [3.63, 3.8) is 0 Å². The topological polar surface area (TPSA) is 95.2 Å². The summed E-state index contributed by atoms with van der Waals surface area (Å²) in [6.07, 6.45) is 1.58. The van der Waals surface area contributed by atoms with Gasteiger partial charge in [-0.3, -0.25) is 14.3 Å². The standard InChI is InChI=1S/C24H22N4O4/c1-15-10-11-17(13-16(15)2)28-23(30)19-8-6-12-25-22(19)27(28)14-21(29)26-20-9-5-4-7-18(20)24(31)32-3/h4-13H,14H2,1-3H3,(H,26,29). The Balaban J connectivity index is 1.77. The molecule has 2 aromatic carbocycles. The van der Waals surface area contributed by atoms with E-state index in [1.54, 1.807) is 42.6 Å². The third kappa shape index (κ3) is 3.78. The van der Waals surface area contributed by atoms with Crippen LogP contribution in [-0.2, 0) is 16.1 Å². The van der Waals surface area contributed by atoms with Gasteiger partial charge < -0.3 is 10.1 Å². The van der Waals surface area contributed by atoms with Gasteiger partial charge in [0.05, 0.1) is 29.4 Å². The van der Waals surface area contributed by atoms with E-state index in [1.165, 1.54) is 16.5 Å². The number of fused-ring (bicyclic) bond motifs is 1. The molecule has 1 N–H and O–H groups in total. The SMILES string of the molecule is COC(=O)c1ccccc1NC(=O)Cn1c2ncccc2c(=O)n1-c1ccc(C)c(C)c1. The van der Waals surface area contributed by atoms with Crippen LogP contribution in [0.3, 0.4) is 0 Å². The second-order valence-electron chi connectivity index (χ2n) is 7.40. The van der Waals surface area contributed by atoms with Crippen LogP contribution in [0.1, 0.15) is 21.5 Å². The number of aromatic nitrogens is 3. The van der Waals surface area contributed by atoms with E-state index in [2.05, 4.69) is 10.3 Å². The smallest absolute Gasteiger partial charge is 0.339 e. The molecule has 1 amide bonds. The van der Waals surface area contributed by atoms with Crippen LogP contribution in [0.15, 0.2) is 65.6 Å². The number of nitrogens with one attached hydrogen (secondary N) is 1. The first-order chi connectivity index (χ1) is 15.4. The van der Waals surface area contributed by atoms with E-state index >= 15 is 0 Å². The molecule has 0 atom stereocenters. The maximum atomic E-state index is 13.2. The summed E-state index contributed by atoms with van der Waals surface area (Å²) in [5.41, 5.74) is 3.46. The van der Waals surface area contributed by atoms with Crippen molar-refractivity contribution in [1.82, 2.24) is 14.3 Å². The minimum absolute atomic E-state index is 0.182. The predicted molar refractivity (Wildman–Crippen MR) is 121 cm³/mol. The van der Waals surface area contributed by atoms with Crippen LogP contribution in [0.2, 0.25) is 0 Å². The maximum absolute atomic E-state index is 13.2. The molecule has 32 heavy (non-hydrogen) atoms. The van der Waals surface area contributed by atoms with E-state index in [4.69, 9.17) is 4.74 Å². The van der Waals surface area contributed by atoms with Crippen molar-refractivity contribution in [2.45, 2.75) is 20.4 Å². The quantitative estimate of drug-likeness (QED) is 0.491. The number of amides is 1. The number of para-hydroxylation sites is 1. The van der Waals surface area contributed by atoms with Gasteiger partial charge in [-0.2, -0.15) is 0 Å². The molecule has 0 aliphatic carbocycles. The first kappa shape index (κ1) is 21.0. The van der Waals surface area contributed by atoms with E-state index in [9.17, 15) is 14.4 Å². The van der Waals surface area contributed by atoms with Gasteiger partial charge in [-0.05, 0) is 61.4 Å². The van der Waals surface area contributed by atoms with E-state index in [0.717, 1.165) is 11.1 Å². The van der Waals surface area contributed by atoms with E-state index in [-0.39, 0.29) is 17.7 Å². The van der Waals surface area contributed by atoms with Crippen molar-refractivity contribution < 1.29 is 14.3 Å². The Morgan fingerprint density at radius 3 is 2.56 bits per heavy atom. The lowest BCUT2D eigenvalue weighted by atomic mass is 10.1. The molecule has 4 aromatic rings. The van der Waals surface area contributed by atoms with Gasteiger partial charge in [-0.1, -0.05) is 18.2 Å². The van der Waals surface area contributed by atoms with Crippen molar-refractivity contribution in [2.24, 2.45) is 0 Å². The molecular weight excluding hydrogens is 408 g/mol. The molecule has 162 valence electrons. The molecule has 8 nitrogen and oxygen atoms in total. The predicted octanol–water partition coefficient (Wildman–Crippen LogP) is 3.23. The van der Waals surface area contributed by atoms with Gasteiger partial charge >= 0.3 is 5.97 Å². The fraction of sp³-hybridized carbons (Fsp3) is 0.167. The van der Waals surface area contributed by atoms with Crippen molar-refractivity contribution in [2.75, 3.05) is 12.4 Å². The Hall–Kier alpha value is -4.20. The lowest BCUT2D eigenvalue weighted by molar-refractivity contribution is -0.116. The highest BCUT2D eigenvalue weighted by Gasteiger charge is 2.19. The van der Waals surface area contributed by atoms with E-state index in [1.807, 2.05) is 32.0 Å². The molecule has 0 saturated heterocycles. The summed E-state index contributed by atoms with van der Waals surface area (Å²) >= 11 is 0.